The highest BCUT2D eigenvalue weighted by molar-refractivity contribution is 5.24. The minimum absolute atomic E-state index is 0.134. The second-order valence-electron chi connectivity index (χ2n) is 5.71. The molecule has 0 aromatic heterocycles. The molecule has 1 aromatic carbocycles. The summed E-state index contributed by atoms with van der Waals surface area (Å²) in [7, 11) is 2.18. The number of benzene rings is 1. The van der Waals surface area contributed by atoms with Gasteiger partial charge in [0.05, 0.1) is 0 Å². The Hall–Kier alpha value is -0.860. The Labute approximate surface area is 105 Å². The molecule has 1 aliphatic rings. The SMILES string of the molecule is Cc1ccc(C(N)CN(C)CC2CC2C)cc1. The highest BCUT2D eigenvalue weighted by Gasteiger charge is 2.33. The molecule has 0 aliphatic heterocycles. The Morgan fingerprint density at radius 2 is 1.94 bits per heavy atom. The molecule has 2 heteroatoms. The van der Waals surface area contributed by atoms with Crippen molar-refractivity contribution in [3.8, 4) is 0 Å². The van der Waals surface area contributed by atoms with Crippen molar-refractivity contribution in [3.63, 3.8) is 0 Å². The molecule has 17 heavy (non-hydrogen) atoms. The van der Waals surface area contributed by atoms with Gasteiger partial charge in [-0.2, -0.15) is 0 Å². The second kappa shape index (κ2) is 5.19. The van der Waals surface area contributed by atoms with Gasteiger partial charge in [-0.05, 0) is 37.8 Å². The Balaban J connectivity index is 1.83. The molecule has 0 heterocycles. The first-order chi connectivity index (χ1) is 8.06. The van der Waals surface area contributed by atoms with Crippen molar-refractivity contribution in [1.29, 1.82) is 0 Å². The predicted molar refractivity (Wildman–Crippen MR) is 72.9 cm³/mol. The molecule has 1 saturated carbocycles. The summed E-state index contributed by atoms with van der Waals surface area (Å²) in [6.07, 6.45) is 1.39. The number of hydrogen-bond donors (Lipinski definition) is 1. The summed E-state index contributed by atoms with van der Waals surface area (Å²) in [6, 6.07) is 8.70. The molecule has 2 rings (SSSR count). The van der Waals surface area contributed by atoms with Crippen LogP contribution in [0.4, 0.5) is 0 Å². The van der Waals surface area contributed by atoms with Crippen LogP contribution in [0.25, 0.3) is 0 Å². The molecular formula is C15H24N2. The zero-order chi connectivity index (χ0) is 12.4. The molecular weight excluding hydrogens is 208 g/mol. The number of aryl methyl sites for hydroxylation is 1. The summed E-state index contributed by atoms with van der Waals surface area (Å²) in [5.74, 6) is 1.83. The van der Waals surface area contributed by atoms with Crippen LogP contribution in [-0.4, -0.2) is 25.0 Å². The van der Waals surface area contributed by atoms with E-state index in [1.165, 1.54) is 24.1 Å². The van der Waals surface area contributed by atoms with Gasteiger partial charge in [0.15, 0.2) is 0 Å². The predicted octanol–water partition coefficient (Wildman–Crippen LogP) is 2.58. The minimum atomic E-state index is 0.134. The second-order valence-corrected chi connectivity index (χ2v) is 5.71. The molecule has 1 aromatic rings. The number of nitrogens with zero attached hydrogens (tertiary/aromatic N) is 1. The van der Waals surface area contributed by atoms with Gasteiger partial charge in [-0.15, -0.1) is 0 Å². The van der Waals surface area contributed by atoms with Crippen molar-refractivity contribution in [2.24, 2.45) is 17.6 Å². The van der Waals surface area contributed by atoms with Gasteiger partial charge in [0.1, 0.15) is 0 Å². The van der Waals surface area contributed by atoms with Crippen LogP contribution < -0.4 is 5.73 Å². The quantitative estimate of drug-likeness (QED) is 0.845. The fourth-order valence-corrected chi connectivity index (χ4v) is 2.38. The van der Waals surface area contributed by atoms with Crippen LogP contribution in [0.1, 0.15) is 30.5 Å². The molecule has 0 saturated heterocycles. The first-order valence-corrected chi connectivity index (χ1v) is 6.57. The molecule has 0 radical (unpaired) electrons. The van der Waals surface area contributed by atoms with Gasteiger partial charge in [0.25, 0.3) is 0 Å². The summed E-state index contributed by atoms with van der Waals surface area (Å²) in [5, 5.41) is 0. The third-order valence-electron chi connectivity index (χ3n) is 3.84. The third kappa shape index (κ3) is 3.55. The topological polar surface area (TPSA) is 29.3 Å². The Bertz CT molecular complexity index is 358. The van der Waals surface area contributed by atoms with E-state index in [4.69, 9.17) is 5.73 Å². The maximum absolute atomic E-state index is 6.24. The molecule has 0 bridgehead atoms. The van der Waals surface area contributed by atoms with E-state index in [1.807, 2.05) is 0 Å². The summed E-state index contributed by atoms with van der Waals surface area (Å²) >= 11 is 0. The lowest BCUT2D eigenvalue weighted by atomic mass is 10.1. The standard InChI is InChI=1S/C15H24N2/c1-11-4-6-13(7-5-11)15(16)10-17(3)9-14-8-12(14)2/h4-7,12,14-15H,8-10,16H2,1-3H3. The van der Waals surface area contributed by atoms with Crippen LogP contribution in [0.5, 0.6) is 0 Å². The smallest absolute Gasteiger partial charge is 0.0424 e. The molecule has 3 atom stereocenters. The number of hydrogen-bond acceptors (Lipinski definition) is 2. The summed E-state index contributed by atoms with van der Waals surface area (Å²) in [4.78, 5) is 2.37. The lowest BCUT2D eigenvalue weighted by Gasteiger charge is -2.21. The first-order valence-electron chi connectivity index (χ1n) is 6.57. The van der Waals surface area contributed by atoms with E-state index in [9.17, 15) is 0 Å². The molecule has 2 nitrogen and oxygen atoms in total. The fraction of sp³-hybridized carbons (Fsp3) is 0.600. The molecule has 94 valence electrons. The average molecular weight is 232 g/mol. The van der Waals surface area contributed by atoms with E-state index in [0.29, 0.717) is 0 Å². The van der Waals surface area contributed by atoms with Crippen LogP contribution in [0.3, 0.4) is 0 Å². The van der Waals surface area contributed by atoms with Crippen LogP contribution in [0, 0.1) is 18.8 Å². The average Bonchev–Trinajstić information content (AvgIpc) is 2.94. The molecule has 2 N–H and O–H groups in total. The van der Waals surface area contributed by atoms with Gasteiger partial charge in [0, 0.05) is 19.1 Å². The number of nitrogens with two attached hydrogens (primary N) is 1. The Kier molecular flexibility index (Phi) is 3.85. The molecule has 1 aliphatic carbocycles. The lowest BCUT2D eigenvalue weighted by molar-refractivity contribution is 0.296. The van der Waals surface area contributed by atoms with Crippen molar-refractivity contribution in [3.05, 3.63) is 35.4 Å². The molecule has 1 fully saturated rings. The molecule has 3 unspecified atom stereocenters. The maximum atomic E-state index is 6.24. The number of rotatable bonds is 5. The summed E-state index contributed by atoms with van der Waals surface area (Å²) in [6.45, 7) is 6.58. The Morgan fingerprint density at radius 3 is 2.47 bits per heavy atom. The maximum Gasteiger partial charge on any atom is 0.0424 e. The highest BCUT2D eigenvalue weighted by Crippen LogP contribution is 2.38. The van der Waals surface area contributed by atoms with Gasteiger partial charge < -0.3 is 10.6 Å². The minimum Gasteiger partial charge on any atom is -0.323 e. The van der Waals surface area contributed by atoms with Crippen molar-refractivity contribution in [2.75, 3.05) is 20.1 Å². The Morgan fingerprint density at radius 1 is 1.35 bits per heavy atom. The lowest BCUT2D eigenvalue weighted by Crippen LogP contribution is -2.30. The molecule has 0 spiro atoms. The van der Waals surface area contributed by atoms with E-state index >= 15 is 0 Å². The van der Waals surface area contributed by atoms with E-state index < -0.39 is 0 Å². The first kappa shape index (κ1) is 12.6. The van der Waals surface area contributed by atoms with Crippen LogP contribution in [0.2, 0.25) is 0 Å². The van der Waals surface area contributed by atoms with Crippen LogP contribution in [-0.2, 0) is 0 Å². The van der Waals surface area contributed by atoms with Gasteiger partial charge in [-0.3, -0.25) is 0 Å². The van der Waals surface area contributed by atoms with Crippen LogP contribution in [0.15, 0.2) is 24.3 Å². The van der Waals surface area contributed by atoms with Crippen molar-refractivity contribution in [2.45, 2.75) is 26.3 Å². The van der Waals surface area contributed by atoms with E-state index in [2.05, 4.69) is 50.1 Å². The van der Waals surface area contributed by atoms with Crippen LogP contribution >= 0.6 is 0 Å². The zero-order valence-electron chi connectivity index (χ0n) is 11.2. The fourth-order valence-electron chi connectivity index (χ4n) is 2.38. The van der Waals surface area contributed by atoms with E-state index in [0.717, 1.165) is 18.4 Å². The van der Waals surface area contributed by atoms with Gasteiger partial charge in [-0.1, -0.05) is 36.8 Å². The van der Waals surface area contributed by atoms with Gasteiger partial charge >= 0.3 is 0 Å². The van der Waals surface area contributed by atoms with Gasteiger partial charge in [0.2, 0.25) is 0 Å². The van der Waals surface area contributed by atoms with Crippen molar-refractivity contribution >= 4 is 0 Å². The molecule has 0 amide bonds. The van der Waals surface area contributed by atoms with Crippen molar-refractivity contribution in [1.82, 2.24) is 4.90 Å². The van der Waals surface area contributed by atoms with Crippen molar-refractivity contribution < 1.29 is 0 Å². The largest absolute Gasteiger partial charge is 0.323 e. The monoisotopic (exact) mass is 232 g/mol. The van der Waals surface area contributed by atoms with Gasteiger partial charge in [-0.25, -0.2) is 0 Å². The number of likely N-dealkylation sites (N-methyl/N-ethyl adjacent to an activating group) is 1. The normalized spacial score (nSPS) is 25.0. The van der Waals surface area contributed by atoms with E-state index in [1.54, 1.807) is 0 Å². The summed E-state index contributed by atoms with van der Waals surface area (Å²) < 4.78 is 0. The third-order valence-corrected chi connectivity index (χ3v) is 3.84. The highest BCUT2D eigenvalue weighted by atomic mass is 15.1. The van der Waals surface area contributed by atoms with E-state index in [-0.39, 0.29) is 6.04 Å². The zero-order valence-corrected chi connectivity index (χ0v) is 11.2. The summed E-state index contributed by atoms with van der Waals surface area (Å²) in [5.41, 5.74) is 8.77.